The minimum Gasteiger partial charge on any atom is -0.382 e. The third-order valence-electron chi connectivity index (χ3n) is 4.81. The molecule has 27 heavy (non-hydrogen) atoms. The molecule has 0 aromatic heterocycles. The summed E-state index contributed by atoms with van der Waals surface area (Å²) in [4.78, 5) is 26.4. The number of hydrogen-bond acceptors (Lipinski definition) is 4. The van der Waals surface area contributed by atoms with Gasteiger partial charge in [0.25, 0.3) is 5.91 Å². The molecule has 150 valence electrons. The molecule has 1 aromatic rings. The van der Waals surface area contributed by atoms with E-state index in [0.717, 1.165) is 18.4 Å². The van der Waals surface area contributed by atoms with Gasteiger partial charge in [-0.15, -0.1) is 0 Å². The van der Waals surface area contributed by atoms with E-state index in [-0.39, 0.29) is 29.9 Å². The van der Waals surface area contributed by atoms with Gasteiger partial charge in [0.15, 0.2) is 0 Å². The van der Waals surface area contributed by atoms with Crippen LogP contribution in [0.3, 0.4) is 0 Å². The number of carbonyl (C=O) groups is 2. The molecule has 0 atom stereocenters. The van der Waals surface area contributed by atoms with Gasteiger partial charge in [0.2, 0.25) is 5.91 Å². The van der Waals surface area contributed by atoms with E-state index in [1.54, 1.807) is 7.11 Å². The van der Waals surface area contributed by atoms with Crippen molar-refractivity contribution in [3.05, 3.63) is 35.4 Å². The maximum Gasteiger partial charge on any atom is 0.253 e. The summed E-state index contributed by atoms with van der Waals surface area (Å²) in [5.74, 6) is -0.0585. The van der Waals surface area contributed by atoms with Crippen LogP contribution in [0.5, 0.6) is 0 Å². The van der Waals surface area contributed by atoms with Crippen LogP contribution >= 0.6 is 0 Å². The highest BCUT2D eigenvalue weighted by molar-refractivity contribution is 5.94. The van der Waals surface area contributed by atoms with Gasteiger partial charge >= 0.3 is 0 Å². The third-order valence-corrected chi connectivity index (χ3v) is 4.81. The van der Waals surface area contributed by atoms with Gasteiger partial charge in [-0.3, -0.25) is 9.59 Å². The van der Waals surface area contributed by atoms with E-state index in [1.165, 1.54) is 5.56 Å². The number of nitrogens with zero attached hydrogens (tertiary/aromatic N) is 1. The molecular weight excluding hydrogens is 344 g/mol. The van der Waals surface area contributed by atoms with Crippen molar-refractivity contribution in [3.63, 3.8) is 0 Å². The summed E-state index contributed by atoms with van der Waals surface area (Å²) in [6, 6.07) is 7.98. The number of likely N-dealkylation sites (tertiary alicyclic amines) is 1. The number of carbonyl (C=O) groups excluding carboxylic acids is 2. The Hall–Kier alpha value is -1.92. The van der Waals surface area contributed by atoms with Crippen molar-refractivity contribution < 1.29 is 19.1 Å². The summed E-state index contributed by atoms with van der Waals surface area (Å²) in [6.07, 6.45) is 1.52. The molecule has 1 aliphatic rings. The van der Waals surface area contributed by atoms with Gasteiger partial charge in [0, 0.05) is 31.8 Å². The summed E-state index contributed by atoms with van der Waals surface area (Å²) < 4.78 is 10.1. The van der Waals surface area contributed by atoms with Crippen molar-refractivity contribution in [1.82, 2.24) is 10.2 Å². The van der Waals surface area contributed by atoms with Crippen molar-refractivity contribution in [2.24, 2.45) is 0 Å². The lowest BCUT2D eigenvalue weighted by molar-refractivity contribution is -0.127. The summed E-state index contributed by atoms with van der Waals surface area (Å²) in [6.45, 7) is 8.70. The van der Waals surface area contributed by atoms with E-state index in [4.69, 9.17) is 9.47 Å². The predicted molar refractivity (Wildman–Crippen MR) is 105 cm³/mol. The fourth-order valence-corrected chi connectivity index (χ4v) is 3.10. The molecule has 6 nitrogen and oxygen atoms in total. The molecule has 0 spiro atoms. The Morgan fingerprint density at radius 3 is 2.30 bits per heavy atom. The third kappa shape index (κ3) is 6.63. The second kappa shape index (κ2) is 9.85. The molecule has 6 heteroatoms. The molecule has 0 saturated carbocycles. The normalized spacial score (nSPS) is 15.6. The number of ether oxygens (including phenoxy) is 2. The number of methoxy groups -OCH3 is 1. The van der Waals surface area contributed by atoms with Crippen molar-refractivity contribution in [3.8, 4) is 0 Å². The van der Waals surface area contributed by atoms with Gasteiger partial charge in [0.05, 0.1) is 13.2 Å². The molecule has 0 aliphatic carbocycles. The minimum atomic E-state index is -0.117. The lowest BCUT2D eigenvalue weighted by atomic mass is 9.86. The largest absolute Gasteiger partial charge is 0.382 e. The Labute approximate surface area is 162 Å². The van der Waals surface area contributed by atoms with E-state index in [9.17, 15) is 9.59 Å². The molecule has 1 aliphatic heterocycles. The topological polar surface area (TPSA) is 67.9 Å². The van der Waals surface area contributed by atoms with Gasteiger partial charge in [-0.2, -0.15) is 0 Å². The van der Waals surface area contributed by atoms with Gasteiger partial charge in [-0.05, 0) is 36.0 Å². The number of benzene rings is 1. The first kappa shape index (κ1) is 21.4. The predicted octanol–water partition coefficient (Wildman–Crippen LogP) is 2.37. The first-order chi connectivity index (χ1) is 12.8. The molecule has 2 amide bonds. The molecule has 1 heterocycles. The van der Waals surface area contributed by atoms with E-state index < -0.39 is 0 Å². The van der Waals surface area contributed by atoms with Crippen LogP contribution in [0.15, 0.2) is 24.3 Å². The second-order valence-corrected chi connectivity index (χ2v) is 8.01. The number of piperidine rings is 1. The molecular formula is C21H32N2O4. The zero-order valence-electron chi connectivity index (χ0n) is 16.9. The standard InChI is InChI=1S/C21H32N2O4/c1-21(2,3)17-7-5-16(6-8-17)20(25)23-11-9-18(10-12-23)22-19(24)15-27-14-13-26-4/h5-8,18H,9-15H2,1-4H3,(H,22,24). The molecule has 1 saturated heterocycles. The SMILES string of the molecule is COCCOCC(=O)NC1CCN(C(=O)c2ccc(C(C)(C)C)cc2)CC1. The van der Waals surface area contributed by atoms with Crippen molar-refractivity contribution in [2.45, 2.75) is 45.1 Å². The Balaban J connectivity index is 1.78. The molecule has 2 rings (SSSR count). The Morgan fingerprint density at radius 2 is 1.74 bits per heavy atom. The molecule has 1 aromatic carbocycles. The zero-order chi connectivity index (χ0) is 19.9. The summed E-state index contributed by atoms with van der Waals surface area (Å²) in [7, 11) is 1.59. The monoisotopic (exact) mass is 376 g/mol. The average Bonchev–Trinajstić information content (AvgIpc) is 2.65. The van der Waals surface area contributed by atoms with Crippen molar-refractivity contribution in [1.29, 1.82) is 0 Å². The van der Waals surface area contributed by atoms with Gasteiger partial charge < -0.3 is 19.7 Å². The van der Waals surface area contributed by atoms with E-state index in [1.807, 2.05) is 29.2 Å². The van der Waals surface area contributed by atoms with Crippen LogP contribution in [0, 0.1) is 0 Å². The van der Waals surface area contributed by atoms with E-state index in [2.05, 4.69) is 26.1 Å². The van der Waals surface area contributed by atoms with Crippen LogP contribution in [0.1, 0.15) is 49.5 Å². The lowest BCUT2D eigenvalue weighted by Gasteiger charge is -2.32. The fourth-order valence-electron chi connectivity index (χ4n) is 3.10. The lowest BCUT2D eigenvalue weighted by Crippen LogP contribution is -2.47. The quantitative estimate of drug-likeness (QED) is 0.742. The first-order valence-corrected chi connectivity index (χ1v) is 9.57. The Morgan fingerprint density at radius 1 is 1.11 bits per heavy atom. The van der Waals surface area contributed by atoms with Crippen LogP contribution in [0.4, 0.5) is 0 Å². The fraction of sp³-hybridized carbons (Fsp3) is 0.619. The molecule has 1 fully saturated rings. The highest BCUT2D eigenvalue weighted by Gasteiger charge is 2.25. The zero-order valence-corrected chi connectivity index (χ0v) is 16.9. The summed E-state index contributed by atoms with van der Waals surface area (Å²) in [5.41, 5.74) is 2.01. The summed E-state index contributed by atoms with van der Waals surface area (Å²) >= 11 is 0. The van der Waals surface area contributed by atoms with Crippen molar-refractivity contribution >= 4 is 11.8 Å². The van der Waals surface area contributed by atoms with Crippen LogP contribution in [-0.2, 0) is 19.7 Å². The molecule has 0 unspecified atom stereocenters. The van der Waals surface area contributed by atoms with Crippen LogP contribution in [0.2, 0.25) is 0 Å². The number of rotatable bonds is 7. The molecule has 0 bridgehead atoms. The Bertz CT molecular complexity index is 614. The molecule has 1 N–H and O–H groups in total. The van der Waals surface area contributed by atoms with Gasteiger partial charge in [-0.1, -0.05) is 32.9 Å². The van der Waals surface area contributed by atoms with Gasteiger partial charge in [0.1, 0.15) is 6.61 Å². The van der Waals surface area contributed by atoms with E-state index >= 15 is 0 Å². The van der Waals surface area contributed by atoms with Crippen LogP contribution in [-0.4, -0.2) is 62.8 Å². The van der Waals surface area contributed by atoms with Gasteiger partial charge in [-0.25, -0.2) is 0 Å². The maximum atomic E-state index is 12.7. The smallest absolute Gasteiger partial charge is 0.253 e. The number of nitrogens with one attached hydrogen (secondary N) is 1. The number of hydrogen-bond donors (Lipinski definition) is 1. The second-order valence-electron chi connectivity index (χ2n) is 8.01. The highest BCUT2D eigenvalue weighted by Crippen LogP contribution is 2.23. The number of amides is 2. The minimum absolute atomic E-state index is 0.0443. The summed E-state index contributed by atoms with van der Waals surface area (Å²) in [5, 5.41) is 2.98. The maximum absolute atomic E-state index is 12.7. The van der Waals surface area contributed by atoms with Crippen LogP contribution < -0.4 is 5.32 Å². The van der Waals surface area contributed by atoms with Crippen molar-refractivity contribution in [2.75, 3.05) is 40.0 Å². The van der Waals surface area contributed by atoms with Crippen LogP contribution in [0.25, 0.3) is 0 Å². The molecule has 0 radical (unpaired) electrons. The van der Waals surface area contributed by atoms with E-state index in [0.29, 0.717) is 26.3 Å². The average molecular weight is 376 g/mol. The first-order valence-electron chi connectivity index (χ1n) is 9.57. The Kier molecular flexibility index (Phi) is 7.80. The highest BCUT2D eigenvalue weighted by atomic mass is 16.5.